The number of carbonyl (C=O) groups excluding carboxylic acids is 2. The Hall–Kier alpha value is -2.96. The van der Waals surface area contributed by atoms with Gasteiger partial charge in [0.15, 0.2) is 5.78 Å². The van der Waals surface area contributed by atoms with Gasteiger partial charge in [-0.25, -0.2) is 9.97 Å². The van der Waals surface area contributed by atoms with Crippen LogP contribution in [0.15, 0.2) is 24.7 Å². The number of pyridine rings is 1. The van der Waals surface area contributed by atoms with Crippen LogP contribution >= 0.6 is 0 Å². The fraction of sp³-hybridized carbons (Fsp3) is 0.200. The zero-order valence-corrected chi connectivity index (χ0v) is 12.3. The maximum Gasteiger partial charge on any atom is 0.178 e. The van der Waals surface area contributed by atoms with Crippen LogP contribution in [-0.2, 0) is 9.59 Å². The van der Waals surface area contributed by atoms with Crippen LogP contribution in [0.2, 0.25) is 0 Å². The monoisotopic (exact) mass is 297 g/mol. The fourth-order valence-electron chi connectivity index (χ4n) is 1.83. The summed E-state index contributed by atoms with van der Waals surface area (Å²) in [5, 5.41) is 10.7. The molecule has 0 saturated carbocycles. The van der Waals surface area contributed by atoms with Crippen LogP contribution in [0.5, 0.6) is 0 Å². The number of aromatic nitrogens is 3. The second-order valence-corrected chi connectivity index (χ2v) is 4.61. The molecule has 0 saturated heterocycles. The number of aldehydes is 1. The molecule has 0 aromatic carbocycles. The van der Waals surface area contributed by atoms with Crippen molar-refractivity contribution in [3.8, 4) is 11.3 Å². The molecular formula is C15H15N5O2. The number of rotatable bonds is 6. The molecule has 2 aromatic rings. The van der Waals surface area contributed by atoms with Crippen LogP contribution in [0.25, 0.3) is 11.3 Å². The fourth-order valence-corrected chi connectivity index (χ4v) is 1.83. The molecule has 0 unspecified atom stereocenters. The SMILES string of the molecule is CC(=O)C(=N)c1cc(-c2cnc(C)nc2)ncc1NCC=O. The molecule has 0 aliphatic rings. The average molecular weight is 297 g/mol. The highest BCUT2D eigenvalue weighted by Crippen LogP contribution is 2.22. The van der Waals surface area contributed by atoms with E-state index >= 15 is 0 Å². The van der Waals surface area contributed by atoms with Crippen LogP contribution in [0.1, 0.15) is 18.3 Å². The summed E-state index contributed by atoms with van der Waals surface area (Å²) in [4.78, 5) is 34.5. The standard InChI is InChI=1S/C15H15N5O2/c1-9(22)15(16)12-5-13(11-6-18-10(2)19-7-11)20-8-14(12)17-3-4-21/h4-8,16-17H,3H2,1-2H3. The first-order chi connectivity index (χ1) is 10.5. The van der Waals surface area contributed by atoms with Gasteiger partial charge in [-0.05, 0) is 13.0 Å². The Morgan fingerprint density at radius 2 is 1.95 bits per heavy atom. The smallest absolute Gasteiger partial charge is 0.178 e. The van der Waals surface area contributed by atoms with Gasteiger partial charge < -0.3 is 10.1 Å². The van der Waals surface area contributed by atoms with Crippen LogP contribution in [0.3, 0.4) is 0 Å². The van der Waals surface area contributed by atoms with E-state index in [0.29, 0.717) is 34.6 Å². The van der Waals surface area contributed by atoms with E-state index in [2.05, 4.69) is 20.3 Å². The van der Waals surface area contributed by atoms with Gasteiger partial charge >= 0.3 is 0 Å². The minimum Gasteiger partial charge on any atom is -0.376 e. The molecule has 2 rings (SSSR count). The van der Waals surface area contributed by atoms with Crippen molar-refractivity contribution in [1.82, 2.24) is 15.0 Å². The van der Waals surface area contributed by atoms with Gasteiger partial charge in [0.25, 0.3) is 0 Å². The molecule has 7 heteroatoms. The lowest BCUT2D eigenvalue weighted by Crippen LogP contribution is -2.15. The highest BCUT2D eigenvalue weighted by molar-refractivity contribution is 6.45. The lowest BCUT2D eigenvalue weighted by molar-refractivity contribution is -0.111. The Bertz CT molecular complexity index is 725. The molecule has 22 heavy (non-hydrogen) atoms. The third-order valence-corrected chi connectivity index (χ3v) is 2.98. The first kappa shape index (κ1) is 15.4. The molecule has 112 valence electrons. The third kappa shape index (κ3) is 3.38. The second-order valence-electron chi connectivity index (χ2n) is 4.61. The molecule has 2 N–H and O–H groups in total. The predicted octanol–water partition coefficient (Wildman–Crippen LogP) is 1.41. The van der Waals surface area contributed by atoms with Crippen molar-refractivity contribution >= 4 is 23.5 Å². The van der Waals surface area contributed by atoms with Gasteiger partial charge in [-0.3, -0.25) is 15.2 Å². The predicted molar refractivity (Wildman–Crippen MR) is 82.1 cm³/mol. The summed E-state index contributed by atoms with van der Waals surface area (Å²) in [6.07, 6.45) is 5.45. The van der Waals surface area contributed by atoms with Crippen molar-refractivity contribution in [2.45, 2.75) is 13.8 Å². The molecule has 0 bridgehead atoms. The summed E-state index contributed by atoms with van der Waals surface area (Å²) in [7, 11) is 0. The third-order valence-electron chi connectivity index (χ3n) is 2.98. The highest BCUT2D eigenvalue weighted by atomic mass is 16.1. The molecule has 0 spiro atoms. The molecular weight excluding hydrogens is 282 g/mol. The minimum absolute atomic E-state index is 0.0762. The first-order valence-electron chi connectivity index (χ1n) is 6.59. The number of Topliss-reactive ketones (excluding diaryl/α,β-unsaturated/α-hetero) is 1. The quantitative estimate of drug-likeness (QED) is 0.616. The van der Waals surface area contributed by atoms with E-state index in [4.69, 9.17) is 5.41 Å². The topological polar surface area (TPSA) is 109 Å². The molecule has 7 nitrogen and oxygen atoms in total. The zero-order chi connectivity index (χ0) is 16.1. The van der Waals surface area contributed by atoms with Crippen LogP contribution in [0, 0.1) is 12.3 Å². The summed E-state index contributed by atoms with van der Waals surface area (Å²) in [6, 6.07) is 1.62. The summed E-state index contributed by atoms with van der Waals surface area (Å²) in [5.41, 5.74) is 1.94. The summed E-state index contributed by atoms with van der Waals surface area (Å²) in [5.74, 6) is 0.274. The van der Waals surface area contributed by atoms with Crippen LogP contribution < -0.4 is 5.32 Å². The largest absolute Gasteiger partial charge is 0.376 e. The number of carbonyl (C=O) groups is 2. The van der Waals surface area contributed by atoms with Gasteiger partial charge in [0.2, 0.25) is 0 Å². The molecule has 0 amide bonds. The molecule has 2 heterocycles. The van der Waals surface area contributed by atoms with E-state index in [0.717, 1.165) is 0 Å². The van der Waals surface area contributed by atoms with Crippen molar-refractivity contribution in [3.63, 3.8) is 0 Å². The first-order valence-corrected chi connectivity index (χ1v) is 6.59. The number of hydrogen-bond acceptors (Lipinski definition) is 7. The van der Waals surface area contributed by atoms with Crippen LogP contribution in [0.4, 0.5) is 5.69 Å². The number of nitrogens with one attached hydrogen (secondary N) is 2. The Morgan fingerprint density at radius 3 is 2.55 bits per heavy atom. The van der Waals surface area contributed by atoms with Gasteiger partial charge in [-0.15, -0.1) is 0 Å². The van der Waals surface area contributed by atoms with Gasteiger partial charge in [0, 0.05) is 30.4 Å². The van der Waals surface area contributed by atoms with E-state index < -0.39 is 0 Å². The number of anilines is 1. The number of nitrogens with zero attached hydrogens (tertiary/aromatic N) is 3. The minimum atomic E-state index is -0.369. The summed E-state index contributed by atoms with van der Waals surface area (Å²) >= 11 is 0. The molecule has 0 atom stereocenters. The number of ketones is 1. The number of aryl methyl sites for hydroxylation is 1. The lowest BCUT2D eigenvalue weighted by atomic mass is 10.0. The summed E-state index contributed by atoms with van der Waals surface area (Å²) < 4.78 is 0. The van der Waals surface area contributed by atoms with Crippen molar-refractivity contribution < 1.29 is 9.59 Å². The molecule has 0 aliphatic carbocycles. The molecule has 0 aliphatic heterocycles. The molecule has 0 radical (unpaired) electrons. The lowest BCUT2D eigenvalue weighted by Gasteiger charge is -2.11. The van der Waals surface area contributed by atoms with Gasteiger partial charge in [-0.1, -0.05) is 0 Å². The van der Waals surface area contributed by atoms with Crippen LogP contribution in [-0.4, -0.2) is 39.3 Å². The van der Waals surface area contributed by atoms with E-state index in [1.807, 2.05) is 0 Å². The van der Waals surface area contributed by atoms with E-state index in [9.17, 15) is 9.59 Å². The van der Waals surface area contributed by atoms with Crippen molar-refractivity contribution in [3.05, 3.63) is 36.0 Å². The molecule has 2 aromatic heterocycles. The zero-order valence-electron chi connectivity index (χ0n) is 12.3. The summed E-state index contributed by atoms with van der Waals surface area (Å²) in [6.45, 7) is 3.17. The Balaban J connectivity index is 2.48. The normalized spacial score (nSPS) is 10.1. The Kier molecular flexibility index (Phi) is 4.67. The Morgan fingerprint density at radius 1 is 1.27 bits per heavy atom. The maximum absolute atomic E-state index is 11.5. The van der Waals surface area contributed by atoms with E-state index in [-0.39, 0.29) is 18.0 Å². The second kappa shape index (κ2) is 6.66. The van der Waals surface area contributed by atoms with E-state index in [1.54, 1.807) is 25.4 Å². The van der Waals surface area contributed by atoms with Gasteiger partial charge in [0.05, 0.1) is 24.1 Å². The van der Waals surface area contributed by atoms with Crippen molar-refractivity contribution in [2.75, 3.05) is 11.9 Å². The maximum atomic E-state index is 11.5. The molecule has 0 fully saturated rings. The highest BCUT2D eigenvalue weighted by Gasteiger charge is 2.14. The Labute approximate surface area is 127 Å². The van der Waals surface area contributed by atoms with E-state index in [1.165, 1.54) is 13.1 Å². The average Bonchev–Trinajstić information content (AvgIpc) is 2.52. The van der Waals surface area contributed by atoms with Crippen molar-refractivity contribution in [2.24, 2.45) is 0 Å². The number of hydrogen-bond donors (Lipinski definition) is 2. The van der Waals surface area contributed by atoms with Crippen molar-refractivity contribution in [1.29, 1.82) is 5.41 Å². The van der Waals surface area contributed by atoms with Gasteiger partial charge in [0.1, 0.15) is 17.8 Å². The van der Waals surface area contributed by atoms with Gasteiger partial charge in [-0.2, -0.15) is 0 Å².